The van der Waals surface area contributed by atoms with Gasteiger partial charge in [0.15, 0.2) is 0 Å². The van der Waals surface area contributed by atoms with Gasteiger partial charge in [0.1, 0.15) is 9.07 Å². The van der Waals surface area contributed by atoms with Crippen LogP contribution in [0.5, 0.6) is 0 Å². The molecule has 1 fully saturated rings. The Morgan fingerprint density at radius 2 is 2.32 bits per heavy atom. The molecule has 2 heterocycles. The Labute approximate surface area is 127 Å². The van der Waals surface area contributed by atoms with E-state index in [1.807, 2.05) is 17.5 Å². The third-order valence-corrected chi connectivity index (χ3v) is 5.46. The maximum absolute atomic E-state index is 10.4. The van der Waals surface area contributed by atoms with Crippen LogP contribution in [0.4, 0.5) is 0 Å². The summed E-state index contributed by atoms with van der Waals surface area (Å²) in [7, 11) is 0. The van der Waals surface area contributed by atoms with Crippen LogP contribution in [0, 0.1) is 0 Å². The first-order valence-electron chi connectivity index (χ1n) is 6.31. The van der Waals surface area contributed by atoms with Crippen molar-refractivity contribution in [2.45, 2.75) is 38.1 Å². The van der Waals surface area contributed by atoms with Gasteiger partial charge < -0.3 is 0 Å². The van der Waals surface area contributed by atoms with E-state index in [9.17, 15) is 5.21 Å². The number of hydrogen-bond donors (Lipinski definition) is 1. The highest BCUT2D eigenvalue weighted by molar-refractivity contribution is 8.24. The lowest BCUT2D eigenvalue weighted by molar-refractivity contribution is -0.808. The number of hydroxylamine groups is 1. The van der Waals surface area contributed by atoms with Crippen molar-refractivity contribution in [3.05, 3.63) is 22.4 Å². The average molecular weight is 316 g/mol. The summed E-state index contributed by atoms with van der Waals surface area (Å²) in [4.78, 5) is 3.15. The van der Waals surface area contributed by atoms with Crippen molar-refractivity contribution >= 4 is 45.9 Å². The van der Waals surface area contributed by atoms with Gasteiger partial charge in [-0.05, 0) is 36.5 Å². The highest BCUT2D eigenvalue weighted by atomic mass is 32.2. The molecule has 1 aliphatic rings. The van der Waals surface area contributed by atoms with E-state index in [-0.39, 0.29) is 10.9 Å². The summed E-state index contributed by atoms with van der Waals surface area (Å²) in [6.45, 7) is 7.24. The number of thiophene rings is 1. The fourth-order valence-corrected chi connectivity index (χ4v) is 4.87. The normalized spacial score (nSPS) is 23.1. The van der Waals surface area contributed by atoms with Crippen LogP contribution in [0.3, 0.4) is 0 Å². The molecule has 0 amide bonds. The van der Waals surface area contributed by atoms with Crippen LogP contribution in [0.1, 0.15) is 32.1 Å². The summed E-state index contributed by atoms with van der Waals surface area (Å²) in [5.41, 5.74) is 0. The third kappa shape index (κ3) is 3.12. The smallest absolute Gasteiger partial charge is 0.292 e. The molecule has 2 rings (SSSR count). The molecule has 1 aliphatic heterocycles. The molecular formula is C13H19N2OS3+. The molecule has 0 radical (unpaired) electrons. The molecule has 0 spiro atoms. The van der Waals surface area contributed by atoms with E-state index in [2.05, 4.69) is 25.7 Å². The van der Waals surface area contributed by atoms with E-state index in [1.165, 1.54) is 4.74 Å². The molecule has 1 unspecified atom stereocenters. The molecule has 1 atom stereocenters. The molecule has 1 saturated heterocycles. The molecule has 0 bridgehead atoms. The molecule has 0 aliphatic carbocycles. The van der Waals surface area contributed by atoms with Crippen molar-refractivity contribution in [2.75, 3.05) is 6.54 Å². The molecular weight excluding hydrogens is 296 g/mol. The molecule has 0 saturated carbocycles. The zero-order valence-electron chi connectivity index (χ0n) is 11.4. The Hall–Kier alpha value is -0.590. The summed E-state index contributed by atoms with van der Waals surface area (Å²) in [6, 6.07) is 3.97. The number of thioether (sulfide) groups is 1. The van der Waals surface area contributed by atoms with Crippen molar-refractivity contribution in [3.8, 4) is 0 Å². The first-order valence-corrected chi connectivity index (χ1v) is 8.41. The van der Waals surface area contributed by atoms with Gasteiger partial charge in [-0.3, -0.25) is 10.1 Å². The van der Waals surface area contributed by atoms with E-state index < -0.39 is 0 Å². The summed E-state index contributed by atoms with van der Waals surface area (Å²) in [5.74, 6) is 0. The van der Waals surface area contributed by atoms with Crippen molar-refractivity contribution in [2.24, 2.45) is 0 Å². The van der Waals surface area contributed by atoms with E-state index in [0.717, 1.165) is 22.2 Å². The van der Waals surface area contributed by atoms with Gasteiger partial charge >= 0.3 is 0 Å². The summed E-state index contributed by atoms with van der Waals surface area (Å²) in [5, 5.41) is 12.4. The predicted molar refractivity (Wildman–Crippen MR) is 86.6 cm³/mol. The zero-order valence-corrected chi connectivity index (χ0v) is 13.8. The second kappa shape index (κ2) is 5.81. The molecule has 3 nitrogen and oxygen atoms in total. The van der Waals surface area contributed by atoms with Gasteiger partial charge in [-0.2, -0.15) is 0 Å². The number of thiocarbonyl (C=S) groups is 1. The molecule has 6 heteroatoms. The van der Waals surface area contributed by atoms with Crippen LogP contribution < -0.4 is 0 Å². The Morgan fingerprint density at radius 1 is 1.58 bits per heavy atom. The lowest BCUT2D eigenvalue weighted by atomic mass is 10.1. The van der Waals surface area contributed by atoms with E-state index in [4.69, 9.17) is 12.2 Å². The molecule has 19 heavy (non-hydrogen) atoms. The quantitative estimate of drug-likeness (QED) is 0.303. The van der Waals surface area contributed by atoms with E-state index in [1.54, 1.807) is 29.3 Å². The average Bonchev–Trinajstić information content (AvgIpc) is 2.86. The number of hydrogen-bond acceptors (Lipinski definition) is 4. The fraction of sp³-hybridized carbons (Fsp3) is 0.538. The third-order valence-electron chi connectivity index (χ3n) is 3.02. The Kier molecular flexibility index (Phi) is 4.53. The predicted octanol–water partition coefficient (Wildman–Crippen LogP) is 3.42. The topological polar surface area (TPSA) is 26.5 Å². The Morgan fingerprint density at radius 3 is 2.89 bits per heavy atom. The molecule has 1 aromatic heterocycles. The van der Waals surface area contributed by atoms with Gasteiger partial charge in [0.2, 0.25) is 6.21 Å². The van der Waals surface area contributed by atoms with Crippen LogP contribution in [-0.4, -0.2) is 42.8 Å². The van der Waals surface area contributed by atoms with Gasteiger partial charge in [0.05, 0.1) is 4.88 Å². The lowest BCUT2D eigenvalue weighted by Gasteiger charge is -2.24. The largest absolute Gasteiger partial charge is 0.295 e. The van der Waals surface area contributed by atoms with Gasteiger partial charge in [-0.1, -0.05) is 37.0 Å². The Bertz CT molecular complexity index is 482. The minimum absolute atomic E-state index is 0.118. The van der Waals surface area contributed by atoms with E-state index >= 15 is 0 Å². The maximum Gasteiger partial charge on any atom is 0.292 e. The van der Waals surface area contributed by atoms with Crippen LogP contribution >= 0.6 is 35.3 Å². The van der Waals surface area contributed by atoms with E-state index in [0.29, 0.717) is 0 Å². The number of nitrogens with zero attached hydrogens (tertiary/aromatic N) is 2. The fourth-order valence-electron chi connectivity index (χ4n) is 2.29. The van der Waals surface area contributed by atoms with Gasteiger partial charge in [0, 0.05) is 6.54 Å². The van der Waals surface area contributed by atoms with Gasteiger partial charge in [0.25, 0.3) is 6.17 Å². The second-order valence-corrected chi connectivity index (χ2v) is 8.33. The highest BCUT2D eigenvalue weighted by Gasteiger charge is 2.52. The minimum atomic E-state index is -0.130. The second-order valence-electron chi connectivity index (χ2n) is 5.06. The first kappa shape index (κ1) is 14.8. The van der Waals surface area contributed by atoms with Gasteiger partial charge in [-0.15, -0.1) is 11.3 Å². The number of rotatable bonds is 4. The monoisotopic (exact) mass is 315 g/mol. The van der Waals surface area contributed by atoms with Crippen molar-refractivity contribution in [1.29, 1.82) is 0 Å². The SMILES string of the molecule is CCCN1C(=S)SC(C)(C)C1[N+](O)=Cc1cccs1. The van der Waals surface area contributed by atoms with Crippen LogP contribution in [0.15, 0.2) is 17.5 Å². The lowest BCUT2D eigenvalue weighted by Crippen LogP contribution is -2.48. The van der Waals surface area contributed by atoms with Crippen LogP contribution in [-0.2, 0) is 0 Å². The standard InChI is InChI=1S/C13H19N2OS3/c1-4-7-14-11(13(2,3)19-12(14)17)15(16)9-10-6-5-8-18-10/h5-6,8-9,11,16H,4,7H2,1-3H3/q+1. The summed E-state index contributed by atoms with van der Waals surface area (Å²) < 4.78 is 2.05. The van der Waals surface area contributed by atoms with Crippen molar-refractivity contribution in [1.82, 2.24) is 4.90 Å². The molecule has 104 valence electrons. The minimum Gasteiger partial charge on any atom is -0.295 e. The summed E-state index contributed by atoms with van der Waals surface area (Å²) >= 11 is 8.71. The van der Waals surface area contributed by atoms with Crippen molar-refractivity contribution < 1.29 is 9.95 Å². The molecule has 0 aromatic carbocycles. The van der Waals surface area contributed by atoms with Crippen molar-refractivity contribution in [3.63, 3.8) is 0 Å². The van der Waals surface area contributed by atoms with Crippen LogP contribution in [0.25, 0.3) is 0 Å². The first-order chi connectivity index (χ1) is 8.95. The van der Waals surface area contributed by atoms with Crippen LogP contribution in [0.2, 0.25) is 0 Å². The zero-order chi connectivity index (χ0) is 14.0. The Balaban J connectivity index is 2.30. The molecule has 1 aromatic rings. The maximum atomic E-state index is 10.4. The highest BCUT2D eigenvalue weighted by Crippen LogP contribution is 2.41. The molecule has 1 N–H and O–H groups in total. The van der Waals surface area contributed by atoms with Gasteiger partial charge in [-0.25, -0.2) is 0 Å². The summed E-state index contributed by atoms with van der Waals surface area (Å²) in [6.07, 6.45) is 2.68.